The van der Waals surface area contributed by atoms with Crippen LogP contribution in [-0.4, -0.2) is 66.8 Å². The Morgan fingerprint density at radius 3 is 2.77 bits per heavy atom. The number of halogens is 2. The fourth-order valence-electron chi connectivity index (χ4n) is 5.91. The summed E-state index contributed by atoms with van der Waals surface area (Å²) in [6, 6.07) is 4.83. The van der Waals surface area contributed by atoms with Gasteiger partial charge in [0, 0.05) is 30.3 Å². The van der Waals surface area contributed by atoms with Crippen molar-refractivity contribution >= 4 is 23.2 Å². The van der Waals surface area contributed by atoms with Gasteiger partial charge in [0.1, 0.15) is 17.7 Å². The molecule has 2 fully saturated rings. The maximum atomic E-state index is 14.2. The highest BCUT2D eigenvalue weighted by Gasteiger charge is 2.41. The highest BCUT2D eigenvalue weighted by molar-refractivity contribution is 6.31. The summed E-state index contributed by atoms with van der Waals surface area (Å²) in [6.45, 7) is 3.36. The van der Waals surface area contributed by atoms with E-state index in [1.807, 2.05) is 6.92 Å². The summed E-state index contributed by atoms with van der Waals surface area (Å²) in [5, 5.41) is 14.5. The molecule has 3 aromatic rings. The van der Waals surface area contributed by atoms with Crippen molar-refractivity contribution in [3.8, 4) is 5.75 Å². The molecule has 0 spiro atoms. The number of aryl methyl sites for hydroxylation is 1. The van der Waals surface area contributed by atoms with E-state index in [9.17, 15) is 14.3 Å². The van der Waals surface area contributed by atoms with E-state index in [1.165, 1.54) is 18.2 Å². The molecule has 35 heavy (non-hydrogen) atoms. The van der Waals surface area contributed by atoms with E-state index >= 15 is 0 Å². The number of aliphatic hydroxyl groups excluding tert-OH is 1. The lowest BCUT2D eigenvalue weighted by molar-refractivity contribution is 0.0380. The second kappa shape index (κ2) is 8.72. The number of rotatable bonds is 5. The summed E-state index contributed by atoms with van der Waals surface area (Å²) in [5.74, 6) is -0.367. The third-order valence-electron chi connectivity index (χ3n) is 7.56. The second-order valence-electron chi connectivity index (χ2n) is 9.73. The Kier molecular flexibility index (Phi) is 5.66. The molecule has 10 heteroatoms. The van der Waals surface area contributed by atoms with E-state index in [0.717, 1.165) is 36.9 Å². The number of carbonyl (C=O) groups excluding carboxylic acids is 1. The number of nitrogens with zero attached hydrogens (tertiary/aromatic N) is 5. The Hall–Kier alpha value is -2.75. The Balaban J connectivity index is 1.22. The zero-order valence-electron chi connectivity index (χ0n) is 19.5. The average molecular weight is 500 g/mol. The molecule has 0 saturated carbocycles. The van der Waals surface area contributed by atoms with E-state index < -0.39 is 5.82 Å². The predicted molar refractivity (Wildman–Crippen MR) is 127 cm³/mol. The minimum Gasteiger partial charge on any atom is -0.489 e. The molecule has 3 atom stereocenters. The van der Waals surface area contributed by atoms with Gasteiger partial charge in [-0.25, -0.2) is 13.9 Å². The fourth-order valence-corrected chi connectivity index (χ4v) is 6.04. The summed E-state index contributed by atoms with van der Waals surface area (Å²) >= 11 is 6.18. The predicted octanol–water partition coefficient (Wildman–Crippen LogP) is 3.35. The molecule has 3 aliphatic rings. The van der Waals surface area contributed by atoms with Crippen molar-refractivity contribution < 1.29 is 19.0 Å². The standard InChI is InChI=1S/C25H27ClFN5O3/c1-14-21(26)12-32-24(28-14)20-11-30(13-22(20)29-32)25(34)19-5-2-15(27)8-23(19)35-18-9-16-3-4-17(10-18)31(16)6-7-33/h2,5,8,12,16-18,33H,3-4,6-7,9-11,13H2,1H3/t16-,17+,18+. The van der Waals surface area contributed by atoms with Crippen molar-refractivity contribution in [1.82, 2.24) is 24.4 Å². The molecule has 1 amide bonds. The smallest absolute Gasteiger partial charge is 0.258 e. The first-order valence-electron chi connectivity index (χ1n) is 12.1. The molecule has 2 aromatic heterocycles. The van der Waals surface area contributed by atoms with Crippen LogP contribution >= 0.6 is 11.6 Å². The Labute approximate surface area is 207 Å². The normalized spacial score (nSPS) is 23.8. The van der Waals surface area contributed by atoms with Crippen molar-refractivity contribution in [2.24, 2.45) is 0 Å². The Morgan fingerprint density at radius 1 is 1.26 bits per heavy atom. The SMILES string of the molecule is Cc1nc2c3c(nn2cc1Cl)CN(C(=O)c1ccc(F)cc1O[C@H]1C[C@H]2CC[C@@H](C1)N2CCO)C3. The van der Waals surface area contributed by atoms with Crippen LogP contribution in [-0.2, 0) is 13.1 Å². The molecule has 2 bridgehead atoms. The van der Waals surface area contributed by atoms with Crippen LogP contribution in [0.1, 0.15) is 53.0 Å². The van der Waals surface area contributed by atoms with Gasteiger partial charge in [0.05, 0.1) is 47.9 Å². The molecule has 8 nitrogen and oxygen atoms in total. The van der Waals surface area contributed by atoms with Crippen LogP contribution in [0, 0.1) is 12.7 Å². The number of piperidine rings is 1. The van der Waals surface area contributed by atoms with Gasteiger partial charge in [-0.05, 0) is 44.7 Å². The van der Waals surface area contributed by atoms with Crippen molar-refractivity contribution in [1.29, 1.82) is 0 Å². The highest BCUT2D eigenvalue weighted by atomic mass is 35.5. The number of hydrogen-bond acceptors (Lipinski definition) is 6. The second-order valence-corrected chi connectivity index (χ2v) is 10.1. The van der Waals surface area contributed by atoms with Crippen molar-refractivity contribution in [3.63, 3.8) is 0 Å². The zero-order chi connectivity index (χ0) is 24.3. The Morgan fingerprint density at radius 2 is 2.03 bits per heavy atom. The van der Waals surface area contributed by atoms with Crippen LogP contribution in [0.3, 0.4) is 0 Å². The summed E-state index contributed by atoms with van der Waals surface area (Å²) in [4.78, 5) is 22.1. The van der Waals surface area contributed by atoms with Gasteiger partial charge in [-0.3, -0.25) is 9.69 Å². The number of aliphatic hydroxyl groups is 1. The lowest BCUT2D eigenvalue weighted by atomic mass is 9.99. The number of hydrogen-bond donors (Lipinski definition) is 1. The minimum atomic E-state index is -0.434. The van der Waals surface area contributed by atoms with Crippen LogP contribution in [0.5, 0.6) is 5.75 Å². The largest absolute Gasteiger partial charge is 0.489 e. The molecule has 2 saturated heterocycles. The fraction of sp³-hybridized carbons (Fsp3) is 0.480. The highest BCUT2D eigenvalue weighted by Crippen LogP contribution is 2.38. The molecular weight excluding hydrogens is 473 g/mol. The number of amides is 1. The first-order valence-corrected chi connectivity index (χ1v) is 12.4. The van der Waals surface area contributed by atoms with Gasteiger partial charge in [-0.15, -0.1) is 0 Å². The minimum absolute atomic E-state index is 0.0901. The van der Waals surface area contributed by atoms with Crippen LogP contribution in [0.4, 0.5) is 4.39 Å². The molecule has 5 heterocycles. The van der Waals surface area contributed by atoms with Crippen LogP contribution in [0.2, 0.25) is 5.02 Å². The van der Waals surface area contributed by atoms with E-state index in [-0.39, 0.29) is 24.4 Å². The first-order chi connectivity index (χ1) is 16.9. The van der Waals surface area contributed by atoms with Gasteiger partial charge in [0.25, 0.3) is 5.91 Å². The van der Waals surface area contributed by atoms with Gasteiger partial charge < -0.3 is 14.7 Å². The molecule has 0 aliphatic carbocycles. The molecule has 184 valence electrons. The van der Waals surface area contributed by atoms with E-state index in [2.05, 4.69) is 15.0 Å². The number of carbonyl (C=O) groups is 1. The molecule has 1 aromatic carbocycles. The maximum absolute atomic E-state index is 14.2. The third-order valence-corrected chi connectivity index (χ3v) is 7.93. The first kappa shape index (κ1) is 22.7. The van der Waals surface area contributed by atoms with Crippen molar-refractivity contribution in [2.45, 2.75) is 63.9 Å². The summed E-state index contributed by atoms with van der Waals surface area (Å²) in [7, 11) is 0. The molecule has 3 aliphatic heterocycles. The van der Waals surface area contributed by atoms with Gasteiger partial charge >= 0.3 is 0 Å². The Bertz CT molecular complexity index is 1300. The zero-order valence-corrected chi connectivity index (χ0v) is 20.2. The quantitative estimate of drug-likeness (QED) is 0.579. The number of aromatic nitrogens is 3. The summed E-state index contributed by atoms with van der Waals surface area (Å²) in [6.07, 6.45) is 5.40. The summed E-state index contributed by atoms with van der Waals surface area (Å²) < 4.78 is 22.2. The van der Waals surface area contributed by atoms with Gasteiger partial charge in [-0.1, -0.05) is 11.6 Å². The van der Waals surface area contributed by atoms with E-state index in [4.69, 9.17) is 16.3 Å². The van der Waals surface area contributed by atoms with E-state index in [1.54, 1.807) is 15.6 Å². The molecule has 6 rings (SSSR count). The number of benzene rings is 1. The molecule has 0 unspecified atom stereocenters. The van der Waals surface area contributed by atoms with Crippen LogP contribution < -0.4 is 4.74 Å². The van der Waals surface area contributed by atoms with Crippen LogP contribution in [0.25, 0.3) is 5.65 Å². The lowest BCUT2D eigenvalue weighted by Gasteiger charge is -2.38. The van der Waals surface area contributed by atoms with Gasteiger partial charge in [0.15, 0.2) is 5.65 Å². The third kappa shape index (κ3) is 3.95. The van der Waals surface area contributed by atoms with Crippen LogP contribution in [0.15, 0.2) is 24.4 Å². The van der Waals surface area contributed by atoms with Gasteiger partial charge in [0.2, 0.25) is 0 Å². The number of fused-ring (bicyclic) bond motifs is 5. The number of ether oxygens (including phenoxy) is 1. The van der Waals surface area contributed by atoms with Crippen molar-refractivity contribution in [3.05, 3.63) is 57.8 Å². The lowest BCUT2D eigenvalue weighted by Crippen LogP contribution is -2.47. The van der Waals surface area contributed by atoms with E-state index in [0.29, 0.717) is 53.6 Å². The summed E-state index contributed by atoms with van der Waals surface area (Å²) in [5.41, 5.74) is 3.43. The molecule has 0 radical (unpaired) electrons. The topological polar surface area (TPSA) is 83.2 Å². The maximum Gasteiger partial charge on any atom is 0.258 e. The monoisotopic (exact) mass is 499 g/mol. The average Bonchev–Trinajstić information content (AvgIpc) is 3.44. The molecular formula is C25H27ClFN5O3. The van der Waals surface area contributed by atoms with Crippen molar-refractivity contribution in [2.75, 3.05) is 13.2 Å². The molecule has 1 N–H and O–H groups in total. The van der Waals surface area contributed by atoms with Gasteiger partial charge in [-0.2, -0.15) is 5.10 Å².